The molecule has 1 saturated carbocycles. The number of carbonyl (C=O) groups excluding carboxylic acids is 1. The predicted octanol–water partition coefficient (Wildman–Crippen LogP) is 1.39. The Morgan fingerprint density at radius 2 is 2.13 bits per heavy atom. The summed E-state index contributed by atoms with van der Waals surface area (Å²) in [5.41, 5.74) is 0. The largest absolute Gasteiger partial charge is 0.391 e. The van der Waals surface area contributed by atoms with Crippen LogP contribution < -0.4 is 10.6 Å². The van der Waals surface area contributed by atoms with Crippen LogP contribution in [0.5, 0.6) is 0 Å². The average Bonchev–Trinajstić information content (AvgIpc) is 2.68. The number of rotatable bonds is 5. The van der Waals surface area contributed by atoms with E-state index in [0.717, 1.165) is 25.7 Å². The van der Waals surface area contributed by atoms with E-state index in [4.69, 9.17) is 0 Å². The van der Waals surface area contributed by atoms with Gasteiger partial charge in [-0.25, -0.2) is 4.79 Å². The number of nitrogens with one attached hydrogen (secondary N) is 2. The Balaban J connectivity index is 2.07. The highest BCUT2D eigenvalue weighted by Gasteiger charge is 2.16. The van der Waals surface area contributed by atoms with Gasteiger partial charge in [0.25, 0.3) is 0 Å². The zero-order valence-corrected chi connectivity index (χ0v) is 9.46. The summed E-state index contributed by atoms with van der Waals surface area (Å²) in [6, 6.07) is 0.199. The SMILES string of the molecule is CCCC(O)CNC(=O)NC1CCCC1. The highest BCUT2D eigenvalue weighted by atomic mass is 16.3. The van der Waals surface area contributed by atoms with E-state index in [2.05, 4.69) is 10.6 Å². The normalized spacial score (nSPS) is 18.8. The van der Waals surface area contributed by atoms with Gasteiger partial charge in [0.2, 0.25) is 0 Å². The lowest BCUT2D eigenvalue weighted by atomic mass is 10.2. The molecule has 1 atom stereocenters. The summed E-state index contributed by atoms with van der Waals surface area (Å²) in [6.07, 6.45) is 5.86. The molecule has 0 spiro atoms. The Morgan fingerprint density at radius 1 is 1.47 bits per heavy atom. The maximum Gasteiger partial charge on any atom is 0.315 e. The molecule has 15 heavy (non-hydrogen) atoms. The van der Waals surface area contributed by atoms with Crippen LogP contribution in [0.15, 0.2) is 0 Å². The van der Waals surface area contributed by atoms with Gasteiger partial charge in [-0.3, -0.25) is 0 Å². The van der Waals surface area contributed by atoms with Crippen LogP contribution in [0.25, 0.3) is 0 Å². The number of hydrogen-bond donors (Lipinski definition) is 3. The summed E-state index contributed by atoms with van der Waals surface area (Å²) >= 11 is 0. The molecule has 0 bridgehead atoms. The van der Waals surface area contributed by atoms with Crippen LogP contribution in [-0.4, -0.2) is 29.8 Å². The second kappa shape index (κ2) is 6.67. The quantitative estimate of drug-likeness (QED) is 0.647. The van der Waals surface area contributed by atoms with Gasteiger partial charge in [0.1, 0.15) is 0 Å². The van der Waals surface area contributed by atoms with Crippen molar-refractivity contribution < 1.29 is 9.90 Å². The number of amides is 2. The summed E-state index contributed by atoms with van der Waals surface area (Å²) in [6.45, 7) is 2.37. The van der Waals surface area contributed by atoms with E-state index in [1.807, 2.05) is 6.92 Å². The van der Waals surface area contributed by atoms with Crippen LogP contribution >= 0.6 is 0 Å². The van der Waals surface area contributed by atoms with E-state index >= 15 is 0 Å². The number of carbonyl (C=O) groups is 1. The lowest BCUT2D eigenvalue weighted by Crippen LogP contribution is -2.43. The third-order valence-electron chi connectivity index (χ3n) is 2.81. The fraction of sp³-hybridized carbons (Fsp3) is 0.909. The van der Waals surface area contributed by atoms with Crippen molar-refractivity contribution in [3.8, 4) is 0 Å². The van der Waals surface area contributed by atoms with Crippen molar-refractivity contribution in [3.63, 3.8) is 0 Å². The van der Waals surface area contributed by atoms with E-state index in [1.54, 1.807) is 0 Å². The van der Waals surface area contributed by atoms with Gasteiger partial charge in [-0.05, 0) is 19.3 Å². The molecule has 0 aromatic carbocycles. The first-order valence-electron chi connectivity index (χ1n) is 5.94. The smallest absolute Gasteiger partial charge is 0.315 e. The molecule has 1 aliphatic rings. The van der Waals surface area contributed by atoms with Crippen molar-refractivity contribution >= 4 is 6.03 Å². The minimum absolute atomic E-state index is 0.142. The van der Waals surface area contributed by atoms with Crippen LogP contribution in [0, 0.1) is 0 Å². The Hall–Kier alpha value is -0.770. The molecule has 0 radical (unpaired) electrons. The summed E-state index contributed by atoms with van der Waals surface area (Å²) < 4.78 is 0. The molecule has 0 saturated heterocycles. The highest BCUT2D eigenvalue weighted by Crippen LogP contribution is 2.17. The molecule has 3 N–H and O–H groups in total. The van der Waals surface area contributed by atoms with Gasteiger partial charge in [-0.15, -0.1) is 0 Å². The molecule has 1 rings (SSSR count). The van der Waals surface area contributed by atoms with E-state index in [0.29, 0.717) is 12.6 Å². The number of urea groups is 1. The maximum atomic E-state index is 11.4. The Labute approximate surface area is 91.4 Å². The Morgan fingerprint density at radius 3 is 2.73 bits per heavy atom. The molecule has 1 fully saturated rings. The van der Waals surface area contributed by atoms with Crippen molar-refractivity contribution in [2.24, 2.45) is 0 Å². The van der Waals surface area contributed by atoms with Gasteiger partial charge in [-0.1, -0.05) is 26.2 Å². The van der Waals surface area contributed by atoms with Crippen LogP contribution in [0.2, 0.25) is 0 Å². The number of aliphatic hydroxyl groups excluding tert-OH is 1. The standard InChI is InChI=1S/C11H22N2O2/c1-2-5-10(14)8-12-11(15)13-9-6-3-4-7-9/h9-10,14H,2-8H2,1H3,(H2,12,13,15). The second-order valence-electron chi connectivity index (χ2n) is 4.28. The van der Waals surface area contributed by atoms with E-state index < -0.39 is 6.10 Å². The van der Waals surface area contributed by atoms with Gasteiger partial charge in [-0.2, -0.15) is 0 Å². The fourth-order valence-corrected chi connectivity index (χ4v) is 1.95. The van der Waals surface area contributed by atoms with Crippen LogP contribution in [-0.2, 0) is 0 Å². The van der Waals surface area contributed by atoms with E-state index in [-0.39, 0.29) is 6.03 Å². The molecular formula is C11H22N2O2. The van der Waals surface area contributed by atoms with Gasteiger partial charge < -0.3 is 15.7 Å². The zero-order chi connectivity index (χ0) is 11.1. The van der Waals surface area contributed by atoms with Crippen molar-refractivity contribution in [2.75, 3.05) is 6.54 Å². The Bertz CT molecular complexity index is 191. The predicted molar refractivity (Wildman–Crippen MR) is 59.7 cm³/mol. The number of aliphatic hydroxyl groups is 1. The molecule has 0 aliphatic heterocycles. The summed E-state index contributed by atoms with van der Waals surface area (Å²) in [5, 5.41) is 15.0. The molecule has 0 aromatic rings. The highest BCUT2D eigenvalue weighted by molar-refractivity contribution is 5.74. The topological polar surface area (TPSA) is 61.4 Å². The molecule has 0 aromatic heterocycles. The second-order valence-corrected chi connectivity index (χ2v) is 4.28. The fourth-order valence-electron chi connectivity index (χ4n) is 1.95. The van der Waals surface area contributed by atoms with Crippen molar-refractivity contribution in [1.82, 2.24) is 10.6 Å². The van der Waals surface area contributed by atoms with Gasteiger partial charge in [0, 0.05) is 12.6 Å². The Kier molecular flexibility index (Phi) is 5.47. The molecule has 0 heterocycles. The van der Waals surface area contributed by atoms with Crippen LogP contribution in [0.3, 0.4) is 0 Å². The van der Waals surface area contributed by atoms with Crippen molar-refractivity contribution in [3.05, 3.63) is 0 Å². The molecule has 4 nitrogen and oxygen atoms in total. The third kappa shape index (κ3) is 5.02. The maximum absolute atomic E-state index is 11.4. The van der Waals surface area contributed by atoms with Gasteiger partial charge >= 0.3 is 6.03 Å². The lowest BCUT2D eigenvalue weighted by Gasteiger charge is -2.15. The summed E-state index contributed by atoms with van der Waals surface area (Å²) in [4.78, 5) is 11.4. The minimum atomic E-state index is -0.413. The van der Waals surface area contributed by atoms with E-state index in [9.17, 15) is 9.90 Å². The van der Waals surface area contributed by atoms with E-state index in [1.165, 1.54) is 12.8 Å². The van der Waals surface area contributed by atoms with Crippen LogP contribution in [0.1, 0.15) is 45.4 Å². The molecule has 1 unspecified atom stereocenters. The molecule has 2 amide bonds. The monoisotopic (exact) mass is 214 g/mol. The van der Waals surface area contributed by atoms with Gasteiger partial charge in [0.05, 0.1) is 6.10 Å². The molecular weight excluding hydrogens is 192 g/mol. The molecule has 4 heteroatoms. The van der Waals surface area contributed by atoms with Gasteiger partial charge in [0.15, 0.2) is 0 Å². The third-order valence-corrected chi connectivity index (χ3v) is 2.81. The summed E-state index contributed by atoms with van der Waals surface area (Å²) in [7, 11) is 0. The van der Waals surface area contributed by atoms with Crippen molar-refractivity contribution in [2.45, 2.75) is 57.6 Å². The minimum Gasteiger partial charge on any atom is -0.391 e. The number of hydrogen-bond acceptors (Lipinski definition) is 2. The first-order valence-corrected chi connectivity index (χ1v) is 5.94. The first-order chi connectivity index (χ1) is 7.22. The lowest BCUT2D eigenvalue weighted by molar-refractivity contribution is 0.160. The first kappa shape index (κ1) is 12.3. The zero-order valence-electron chi connectivity index (χ0n) is 9.46. The van der Waals surface area contributed by atoms with Crippen LogP contribution in [0.4, 0.5) is 4.79 Å². The molecule has 1 aliphatic carbocycles. The molecule has 88 valence electrons. The summed E-state index contributed by atoms with van der Waals surface area (Å²) in [5.74, 6) is 0. The average molecular weight is 214 g/mol. The van der Waals surface area contributed by atoms with Crippen molar-refractivity contribution in [1.29, 1.82) is 0 Å².